The third-order valence-electron chi connectivity index (χ3n) is 3.80. The predicted molar refractivity (Wildman–Crippen MR) is 92.8 cm³/mol. The summed E-state index contributed by atoms with van der Waals surface area (Å²) in [5.74, 6) is 0. The summed E-state index contributed by atoms with van der Waals surface area (Å²) in [5.41, 5.74) is 1.27. The van der Waals surface area contributed by atoms with E-state index < -0.39 is 10.0 Å². The van der Waals surface area contributed by atoms with Gasteiger partial charge in [-0.05, 0) is 37.5 Å². The number of carbonyl (C=O) groups excluding carboxylic acids is 1. The Morgan fingerprint density at radius 2 is 1.74 bits per heavy atom. The van der Waals surface area contributed by atoms with Crippen molar-refractivity contribution in [3.8, 4) is 0 Å². The first kappa shape index (κ1) is 18.3. The minimum Gasteiger partial charge on any atom is -0.335 e. The first-order chi connectivity index (χ1) is 10.7. The Labute approximate surface area is 146 Å². The molecule has 0 aliphatic carbocycles. The summed E-state index contributed by atoms with van der Waals surface area (Å²) < 4.78 is 24.3. The highest BCUT2D eigenvalue weighted by atomic mass is 35.5. The van der Waals surface area contributed by atoms with Gasteiger partial charge in [-0.15, -0.1) is 0 Å². The zero-order valence-electron chi connectivity index (χ0n) is 12.9. The van der Waals surface area contributed by atoms with Crippen LogP contribution in [-0.2, 0) is 10.0 Å². The molecule has 6 nitrogen and oxygen atoms in total. The molecule has 2 amide bonds. The average Bonchev–Trinajstić information content (AvgIpc) is 2.44. The fourth-order valence-corrected chi connectivity index (χ4v) is 3.76. The van der Waals surface area contributed by atoms with Gasteiger partial charge in [0.15, 0.2) is 0 Å². The maximum absolute atomic E-state index is 12.0. The zero-order valence-corrected chi connectivity index (χ0v) is 15.2. The molecule has 1 aliphatic heterocycles. The molecule has 0 spiro atoms. The van der Waals surface area contributed by atoms with Crippen LogP contribution in [0.1, 0.15) is 18.4 Å². The lowest BCUT2D eigenvalue weighted by atomic mass is 10.1. The number of urea groups is 1. The number of hydrogen-bond donors (Lipinski definition) is 2. The molecule has 2 N–H and O–H groups in total. The van der Waals surface area contributed by atoms with Crippen molar-refractivity contribution >= 4 is 44.9 Å². The van der Waals surface area contributed by atoms with Crippen LogP contribution in [0.25, 0.3) is 0 Å². The van der Waals surface area contributed by atoms with E-state index in [-0.39, 0.29) is 12.1 Å². The van der Waals surface area contributed by atoms with Gasteiger partial charge in [0.05, 0.1) is 6.26 Å². The SMILES string of the molecule is Cc1c(Cl)cc(NC(=O)NC2CCN(S(C)(=O)=O)CC2)cc1Cl. The van der Waals surface area contributed by atoms with Gasteiger partial charge in [0.2, 0.25) is 10.0 Å². The number of rotatable bonds is 3. The number of sulfonamides is 1. The van der Waals surface area contributed by atoms with Gasteiger partial charge in [0.1, 0.15) is 0 Å². The van der Waals surface area contributed by atoms with Crippen molar-refractivity contribution < 1.29 is 13.2 Å². The van der Waals surface area contributed by atoms with Gasteiger partial charge in [0.25, 0.3) is 0 Å². The van der Waals surface area contributed by atoms with Crippen LogP contribution in [0.3, 0.4) is 0 Å². The summed E-state index contributed by atoms with van der Waals surface area (Å²) in [6.07, 6.45) is 2.35. The molecule has 0 saturated carbocycles. The molecule has 1 aromatic rings. The summed E-state index contributed by atoms with van der Waals surface area (Å²) in [4.78, 5) is 12.0. The Morgan fingerprint density at radius 3 is 2.22 bits per heavy atom. The van der Waals surface area contributed by atoms with E-state index in [1.54, 1.807) is 19.1 Å². The van der Waals surface area contributed by atoms with E-state index in [4.69, 9.17) is 23.2 Å². The molecule has 1 aliphatic rings. The molecule has 128 valence electrons. The van der Waals surface area contributed by atoms with E-state index in [9.17, 15) is 13.2 Å². The van der Waals surface area contributed by atoms with E-state index in [0.717, 1.165) is 5.56 Å². The molecule has 0 atom stereocenters. The molecule has 9 heteroatoms. The highest BCUT2D eigenvalue weighted by molar-refractivity contribution is 7.88. The number of carbonyl (C=O) groups is 1. The Bertz CT molecular complexity index is 678. The third-order valence-corrected chi connectivity index (χ3v) is 5.89. The van der Waals surface area contributed by atoms with Gasteiger partial charge in [0, 0.05) is 34.9 Å². The monoisotopic (exact) mass is 379 g/mol. The lowest BCUT2D eigenvalue weighted by Crippen LogP contribution is -2.47. The Hall–Kier alpha value is -1.02. The second-order valence-electron chi connectivity index (χ2n) is 5.60. The Kier molecular flexibility index (Phi) is 5.78. The fraction of sp³-hybridized carbons (Fsp3) is 0.500. The number of benzene rings is 1. The third kappa shape index (κ3) is 4.97. The Balaban J connectivity index is 1.89. The molecule has 0 aromatic heterocycles. The van der Waals surface area contributed by atoms with Gasteiger partial charge < -0.3 is 10.6 Å². The number of hydrogen-bond acceptors (Lipinski definition) is 3. The summed E-state index contributed by atoms with van der Waals surface area (Å²) in [5, 5.41) is 6.49. The van der Waals surface area contributed by atoms with Crippen molar-refractivity contribution in [3.63, 3.8) is 0 Å². The van der Waals surface area contributed by atoms with Crippen LogP contribution >= 0.6 is 23.2 Å². The highest BCUT2D eigenvalue weighted by Crippen LogP contribution is 2.28. The van der Waals surface area contributed by atoms with E-state index in [1.807, 2.05) is 0 Å². The fourth-order valence-electron chi connectivity index (χ4n) is 2.40. The first-order valence-electron chi connectivity index (χ1n) is 7.15. The van der Waals surface area contributed by atoms with E-state index in [0.29, 0.717) is 41.7 Å². The molecule has 0 radical (unpaired) electrons. The van der Waals surface area contributed by atoms with E-state index in [1.165, 1.54) is 10.6 Å². The Morgan fingerprint density at radius 1 is 1.22 bits per heavy atom. The smallest absolute Gasteiger partial charge is 0.319 e. The van der Waals surface area contributed by atoms with Crippen molar-refractivity contribution in [2.45, 2.75) is 25.8 Å². The number of nitrogens with zero attached hydrogens (tertiary/aromatic N) is 1. The normalized spacial score (nSPS) is 17.0. The molecule has 1 fully saturated rings. The quantitative estimate of drug-likeness (QED) is 0.847. The predicted octanol–water partition coefficient (Wildman–Crippen LogP) is 2.85. The molecule has 2 rings (SSSR count). The molecule has 23 heavy (non-hydrogen) atoms. The van der Waals surface area contributed by atoms with Crippen molar-refractivity contribution in [3.05, 3.63) is 27.7 Å². The number of halogens is 2. The number of nitrogens with one attached hydrogen (secondary N) is 2. The van der Waals surface area contributed by atoms with E-state index >= 15 is 0 Å². The second kappa shape index (κ2) is 7.25. The molecule has 0 bridgehead atoms. The van der Waals surface area contributed by atoms with E-state index in [2.05, 4.69) is 10.6 Å². The standard InChI is InChI=1S/C14H19Cl2N3O3S/c1-9-12(15)7-11(8-13(9)16)18-14(20)17-10-3-5-19(6-4-10)23(2,21)22/h7-8,10H,3-6H2,1-2H3,(H2,17,18,20). The molecule has 0 unspecified atom stereocenters. The van der Waals surface area contributed by atoms with Crippen LogP contribution < -0.4 is 10.6 Å². The van der Waals surface area contributed by atoms with Crippen LogP contribution in [0.2, 0.25) is 10.0 Å². The maximum Gasteiger partial charge on any atom is 0.319 e. The topological polar surface area (TPSA) is 78.5 Å². The van der Waals surface area contributed by atoms with Crippen molar-refractivity contribution in [2.75, 3.05) is 24.7 Å². The zero-order chi connectivity index (χ0) is 17.2. The highest BCUT2D eigenvalue weighted by Gasteiger charge is 2.25. The van der Waals surface area contributed by atoms with Gasteiger partial charge in [-0.3, -0.25) is 0 Å². The largest absolute Gasteiger partial charge is 0.335 e. The maximum atomic E-state index is 12.0. The van der Waals surface area contributed by atoms with Crippen LogP contribution in [0, 0.1) is 6.92 Å². The number of amides is 2. The minimum absolute atomic E-state index is 0.0654. The van der Waals surface area contributed by atoms with Gasteiger partial charge in [-0.1, -0.05) is 23.2 Å². The number of piperidine rings is 1. The van der Waals surface area contributed by atoms with Gasteiger partial charge >= 0.3 is 6.03 Å². The summed E-state index contributed by atoms with van der Waals surface area (Å²) in [6, 6.07) is 2.84. The molecule has 1 aromatic carbocycles. The average molecular weight is 380 g/mol. The number of anilines is 1. The lowest BCUT2D eigenvalue weighted by molar-refractivity contribution is 0.238. The molecule has 1 heterocycles. The lowest BCUT2D eigenvalue weighted by Gasteiger charge is -2.30. The second-order valence-corrected chi connectivity index (χ2v) is 8.40. The summed E-state index contributed by atoms with van der Waals surface area (Å²) in [6.45, 7) is 2.61. The van der Waals surface area contributed by atoms with Crippen molar-refractivity contribution in [2.24, 2.45) is 0 Å². The van der Waals surface area contributed by atoms with Crippen molar-refractivity contribution in [1.82, 2.24) is 9.62 Å². The van der Waals surface area contributed by atoms with Gasteiger partial charge in [-0.25, -0.2) is 17.5 Å². The molecular weight excluding hydrogens is 361 g/mol. The minimum atomic E-state index is -3.16. The summed E-state index contributed by atoms with van der Waals surface area (Å²) >= 11 is 12.1. The van der Waals surface area contributed by atoms with Crippen LogP contribution in [0.5, 0.6) is 0 Å². The summed E-state index contributed by atoms with van der Waals surface area (Å²) in [7, 11) is -3.16. The van der Waals surface area contributed by atoms with Crippen LogP contribution in [-0.4, -0.2) is 44.1 Å². The van der Waals surface area contributed by atoms with Gasteiger partial charge in [-0.2, -0.15) is 0 Å². The van der Waals surface area contributed by atoms with Crippen LogP contribution in [0.15, 0.2) is 12.1 Å². The first-order valence-corrected chi connectivity index (χ1v) is 9.75. The molecule has 1 saturated heterocycles. The molecular formula is C14H19Cl2N3O3S. The van der Waals surface area contributed by atoms with Crippen molar-refractivity contribution in [1.29, 1.82) is 0 Å². The van der Waals surface area contributed by atoms with Crippen LogP contribution in [0.4, 0.5) is 10.5 Å².